The molecule has 1 unspecified atom stereocenters. The zero-order valence-corrected chi connectivity index (χ0v) is 21.7. The number of hydrogen-bond donors (Lipinski definition) is 0. The molecule has 3 aromatic rings. The van der Waals surface area contributed by atoms with E-state index in [4.69, 9.17) is 4.74 Å². The molecule has 10 heteroatoms. The average molecular weight is 538 g/mol. The van der Waals surface area contributed by atoms with E-state index in [2.05, 4.69) is 15.1 Å². The minimum atomic E-state index is -4.53. The first kappa shape index (κ1) is 24.8. The highest BCUT2D eigenvalue weighted by Gasteiger charge is 2.44. The normalized spacial score (nSPS) is 25.6. The van der Waals surface area contributed by atoms with Gasteiger partial charge in [0.05, 0.1) is 25.3 Å². The van der Waals surface area contributed by atoms with Gasteiger partial charge >= 0.3 is 6.18 Å². The van der Waals surface area contributed by atoms with E-state index in [0.717, 1.165) is 43.9 Å². The molecule has 2 bridgehead atoms. The lowest BCUT2D eigenvalue weighted by atomic mass is 9.74. The van der Waals surface area contributed by atoms with E-state index in [1.807, 2.05) is 29.8 Å². The van der Waals surface area contributed by atoms with Gasteiger partial charge in [-0.25, -0.2) is 0 Å². The highest BCUT2D eigenvalue weighted by atomic mass is 19.4. The Morgan fingerprint density at radius 1 is 1.13 bits per heavy atom. The number of aromatic nitrogens is 3. The maximum Gasteiger partial charge on any atom is 0.416 e. The Bertz CT molecular complexity index is 1440. The number of ether oxygens (including phenoxy) is 1. The van der Waals surface area contributed by atoms with Crippen molar-refractivity contribution < 1.29 is 22.7 Å². The summed E-state index contributed by atoms with van der Waals surface area (Å²) in [7, 11) is 1.89. The summed E-state index contributed by atoms with van der Waals surface area (Å²) >= 11 is 0. The molecular weight excluding hydrogens is 507 g/mol. The van der Waals surface area contributed by atoms with Gasteiger partial charge in [-0.15, -0.1) is 10.2 Å². The summed E-state index contributed by atoms with van der Waals surface area (Å²) in [6, 6.07) is 10.6. The van der Waals surface area contributed by atoms with Crippen molar-refractivity contribution in [2.45, 2.75) is 43.3 Å². The summed E-state index contributed by atoms with van der Waals surface area (Å²) in [6.45, 7) is 3.67. The quantitative estimate of drug-likeness (QED) is 0.486. The van der Waals surface area contributed by atoms with Crippen molar-refractivity contribution in [3.8, 4) is 0 Å². The van der Waals surface area contributed by atoms with Gasteiger partial charge in [0.2, 0.25) is 0 Å². The van der Waals surface area contributed by atoms with Gasteiger partial charge in [0.25, 0.3) is 5.91 Å². The van der Waals surface area contributed by atoms with E-state index < -0.39 is 11.7 Å². The Morgan fingerprint density at radius 3 is 2.54 bits per heavy atom. The molecule has 1 atom stereocenters. The van der Waals surface area contributed by atoms with Crippen molar-refractivity contribution >= 4 is 11.6 Å². The fraction of sp³-hybridized carbons (Fsp3) is 0.483. The molecule has 0 spiro atoms. The lowest BCUT2D eigenvalue weighted by Crippen LogP contribution is -2.49. The minimum Gasteiger partial charge on any atom is -0.379 e. The summed E-state index contributed by atoms with van der Waals surface area (Å²) < 4.78 is 50.5. The number of anilines is 1. The first-order valence-electron chi connectivity index (χ1n) is 13.5. The van der Waals surface area contributed by atoms with Crippen LogP contribution in [0.4, 0.5) is 18.9 Å². The molecular formula is C29H30F3N5O2. The number of aryl methyl sites for hydroxylation is 1. The summed E-state index contributed by atoms with van der Waals surface area (Å²) in [5.74, 6) is 0.850. The van der Waals surface area contributed by atoms with Gasteiger partial charge in [-0.1, -0.05) is 12.1 Å². The van der Waals surface area contributed by atoms with E-state index >= 15 is 0 Å². The van der Waals surface area contributed by atoms with Crippen LogP contribution in [0.3, 0.4) is 0 Å². The van der Waals surface area contributed by atoms with Crippen molar-refractivity contribution in [3.05, 3.63) is 76.4 Å². The summed E-state index contributed by atoms with van der Waals surface area (Å²) in [6.07, 6.45) is -0.273. The van der Waals surface area contributed by atoms with Crippen LogP contribution in [0, 0.1) is 5.92 Å². The zero-order chi connectivity index (χ0) is 26.9. The topological polar surface area (TPSA) is 63.5 Å². The number of rotatable bonds is 5. The number of hydrogen-bond acceptors (Lipinski definition) is 5. The molecule has 6 heterocycles. The van der Waals surface area contributed by atoms with Crippen LogP contribution >= 0.6 is 0 Å². The molecule has 5 aliphatic heterocycles. The highest BCUT2D eigenvalue weighted by Crippen LogP contribution is 2.45. The van der Waals surface area contributed by atoms with Crippen LogP contribution in [-0.4, -0.2) is 58.4 Å². The van der Waals surface area contributed by atoms with Crippen molar-refractivity contribution in [3.63, 3.8) is 0 Å². The molecule has 0 saturated carbocycles. The van der Waals surface area contributed by atoms with Crippen molar-refractivity contribution in [2.24, 2.45) is 13.0 Å². The van der Waals surface area contributed by atoms with E-state index in [9.17, 15) is 18.0 Å². The Labute approximate surface area is 224 Å². The van der Waals surface area contributed by atoms with Crippen molar-refractivity contribution in [1.82, 2.24) is 19.7 Å². The smallest absolute Gasteiger partial charge is 0.379 e. The number of fused-ring (bicyclic) bond motifs is 4. The largest absolute Gasteiger partial charge is 0.416 e. The zero-order valence-electron chi connectivity index (χ0n) is 21.7. The third kappa shape index (κ3) is 4.07. The molecule has 4 saturated heterocycles. The van der Waals surface area contributed by atoms with E-state index in [0.29, 0.717) is 36.8 Å². The number of piperidine rings is 3. The molecule has 5 aliphatic rings. The van der Waals surface area contributed by atoms with Crippen LogP contribution in [0.2, 0.25) is 0 Å². The maximum absolute atomic E-state index is 14.4. The fourth-order valence-electron chi connectivity index (χ4n) is 6.94. The van der Waals surface area contributed by atoms with Gasteiger partial charge in [0, 0.05) is 36.7 Å². The van der Waals surface area contributed by atoms with Gasteiger partial charge < -0.3 is 19.1 Å². The lowest BCUT2D eigenvalue weighted by molar-refractivity contribution is -0.138. The molecule has 1 aromatic heterocycles. The van der Waals surface area contributed by atoms with Crippen LogP contribution in [0.1, 0.15) is 57.2 Å². The molecule has 0 N–H and O–H groups in total. The number of nitrogens with zero attached hydrogens (tertiary/aromatic N) is 5. The van der Waals surface area contributed by atoms with Crippen LogP contribution in [-0.2, 0) is 36.3 Å². The number of amides is 1. The Morgan fingerprint density at radius 2 is 1.92 bits per heavy atom. The van der Waals surface area contributed by atoms with Gasteiger partial charge in [0.15, 0.2) is 0 Å². The van der Waals surface area contributed by atoms with Gasteiger partial charge in [-0.3, -0.25) is 4.79 Å². The number of halogens is 3. The third-order valence-electron chi connectivity index (χ3n) is 9.28. The molecule has 0 aliphatic carbocycles. The van der Waals surface area contributed by atoms with Gasteiger partial charge in [-0.2, -0.15) is 13.2 Å². The van der Waals surface area contributed by atoms with Crippen molar-refractivity contribution in [2.75, 3.05) is 37.7 Å². The van der Waals surface area contributed by atoms with Crippen LogP contribution in [0.25, 0.3) is 0 Å². The molecule has 4 fully saturated rings. The highest BCUT2D eigenvalue weighted by molar-refractivity contribution is 6.10. The summed E-state index contributed by atoms with van der Waals surface area (Å²) in [5, 5.41) is 8.20. The summed E-state index contributed by atoms with van der Waals surface area (Å²) in [5.41, 5.74) is 1.47. The standard InChI is InChI=1S/C29H30F3N5O2/c1-35-17-33-34-26(35)12-28(15-39-16-28)20-3-2-4-21(11-20)37-14-24-22(27(37)38)9-19(10-25(24)29(30,31)32)23-13-36-7-5-18(23)6-8-36/h2-4,9-11,17-18,23H,5-8,12-16H2,1H3. The molecule has 8 rings (SSSR count). The van der Waals surface area contributed by atoms with E-state index in [1.54, 1.807) is 18.5 Å². The van der Waals surface area contributed by atoms with Crippen LogP contribution in [0.15, 0.2) is 42.7 Å². The monoisotopic (exact) mass is 537 g/mol. The minimum absolute atomic E-state index is 0.0307. The molecule has 7 nitrogen and oxygen atoms in total. The Balaban J connectivity index is 1.23. The van der Waals surface area contributed by atoms with E-state index in [1.165, 1.54) is 11.0 Å². The summed E-state index contributed by atoms with van der Waals surface area (Å²) in [4.78, 5) is 17.5. The predicted molar refractivity (Wildman–Crippen MR) is 138 cm³/mol. The average Bonchev–Trinajstić information content (AvgIpc) is 3.47. The second kappa shape index (κ2) is 8.89. The first-order chi connectivity index (χ1) is 18.7. The molecule has 1 amide bonds. The molecule has 2 aromatic carbocycles. The number of benzene rings is 2. The maximum atomic E-state index is 14.4. The predicted octanol–water partition coefficient (Wildman–Crippen LogP) is 4.31. The second-order valence-electron chi connectivity index (χ2n) is 11.6. The number of carbonyl (C=O) groups excluding carboxylic acids is 1. The molecule has 0 radical (unpaired) electrons. The second-order valence-corrected chi connectivity index (χ2v) is 11.6. The Kier molecular flexibility index (Phi) is 5.65. The van der Waals surface area contributed by atoms with Crippen LogP contribution in [0.5, 0.6) is 0 Å². The van der Waals surface area contributed by atoms with Gasteiger partial charge in [0.1, 0.15) is 12.2 Å². The first-order valence-corrected chi connectivity index (χ1v) is 13.5. The number of alkyl halides is 3. The fourth-order valence-corrected chi connectivity index (χ4v) is 6.94. The van der Waals surface area contributed by atoms with Crippen molar-refractivity contribution in [1.29, 1.82) is 0 Å². The third-order valence-corrected chi connectivity index (χ3v) is 9.28. The molecule has 204 valence electrons. The van der Waals surface area contributed by atoms with Gasteiger partial charge in [-0.05, 0) is 78.7 Å². The number of carbonyl (C=O) groups is 1. The lowest BCUT2D eigenvalue weighted by Gasteiger charge is -2.45. The SMILES string of the molecule is Cn1cnnc1CC1(c2cccc(N3Cc4c(cc(C5CN6CCC5CC6)cc4C(F)(F)F)C3=O)c2)COC1. The van der Waals surface area contributed by atoms with E-state index in [-0.39, 0.29) is 34.9 Å². The van der Waals surface area contributed by atoms with Crippen LogP contribution < -0.4 is 4.90 Å². The Hall–Kier alpha value is -3.24. The molecule has 39 heavy (non-hydrogen) atoms.